The summed E-state index contributed by atoms with van der Waals surface area (Å²) in [5, 5.41) is 7.00. The molecule has 3 aromatic heterocycles. The molecule has 1 atom stereocenters. The van der Waals surface area contributed by atoms with Crippen LogP contribution < -0.4 is 10.6 Å². The molecule has 4 heterocycles. The first-order valence-corrected chi connectivity index (χ1v) is 11.6. The number of carbonyl (C=O) groups excluding carboxylic acids is 2. The van der Waals surface area contributed by atoms with Crippen molar-refractivity contribution in [2.45, 2.75) is 19.1 Å². The maximum atomic E-state index is 12.5. The molecule has 1 saturated heterocycles. The number of ether oxygens (including phenoxy) is 1. The Morgan fingerprint density at radius 3 is 2.75 bits per heavy atom. The van der Waals surface area contributed by atoms with Gasteiger partial charge in [0.05, 0.1) is 36.0 Å². The van der Waals surface area contributed by atoms with E-state index >= 15 is 0 Å². The van der Waals surface area contributed by atoms with Crippen molar-refractivity contribution in [1.29, 1.82) is 0 Å². The highest BCUT2D eigenvalue weighted by Crippen LogP contribution is 2.25. The highest BCUT2D eigenvalue weighted by molar-refractivity contribution is 5.99. The number of carbonyl (C=O) groups is 2. The molecule has 184 valence electrons. The predicted octanol–water partition coefficient (Wildman–Crippen LogP) is 2.88. The molecule has 2 amide bonds. The Balaban J connectivity index is 1.33. The zero-order valence-corrected chi connectivity index (χ0v) is 20.4. The van der Waals surface area contributed by atoms with Gasteiger partial charge in [0.2, 0.25) is 11.9 Å². The van der Waals surface area contributed by atoms with Gasteiger partial charge in [-0.25, -0.2) is 9.97 Å². The fraction of sp³-hybridized carbons (Fsp3) is 0.269. The number of aromatic nitrogens is 4. The summed E-state index contributed by atoms with van der Waals surface area (Å²) in [7, 11) is 5.36. The molecular weight excluding hydrogens is 458 g/mol. The molecule has 5 rings (SSSR count). The lowest BCUT2D eigenvalue weighted by atomic mass is 10.2. The van der Waals surface area contributed by atoms with E-state index < -0.39 is 0 Å². The van der Waals surface area contributed by atoms with Gasteiger partial charge in [0.1, 0.15) is 5.69 Å². The van der Waals surface area contributed by atoms with Crippen molar-refractivity contribution < 1.29 is 14.3 Å². The minimum atomic E-state index is -0.109. The molecule has 1 aromatic carbocycles. The smallest absolute Gasteiger partial charge is 0.269 e. The average Bonchev–Trinajstić information content (AvgIpc) is 3.45. The molecule has 2 N–H and O–H groups in total. The Labute approximate surface area is 208 Å². The van der Waals surface area contributed by atoms with Crippen molar-refractivity contribution in [3.63, 3.8) is 0 Å². The van der Waals surface area contributed by atoms with Crippen molar-refractivity contribution in [1.82, 2.24) is 29.7 Å². The number of nitrogens with one attached hydrogen (secondary N) is 2. The molecule has 10 heteroatoms. The van der Waals surface area contributed by atoms with Crippen LogP contribution in [0.5, 0.6) is 0 Å². The third-order valence-electron chi connectivity index (χ3n) is 6.09. The maximum absolute atomic E-state index is 12.5. The van der Waals surface area contributed by atoms with Gasteiger partial charge in [-0.05, 0) is 42.0 Å². The minimum absolute atomic E-state index is 0.0187. The first-order chi connectivity index (χ1) is 17.4. The van der Waals surface area contributed by atoms with Gasteiger partial charge in [0.15, 0.2) is 0 Å². The molecule has 10 nitrogen and oxygen atoms in total. The zero-order valence-electron chi connectivity index (χ0n) is 20.4. The van der Waals surface area contributed by atoms with E-state index in [2.05, 4.69) is 25.6 Å². The van der Waals surface area contributed by atoms with Crippen LogP contribution in [-0.4, -0.2) is 63.0 Å². The van der Waals surface area contributed by atoms with E-state index in [1.165, 1.54) is 0 Å². The lowest BCUT2D eigenvalue weighted by Crippen LogP contribution is -2.23. The van der Waals surface area contributed by atoms with Gasteiger partial charge < -0.3 is 24.8 Å². The molecule has 1 aliphatic heterocycles. The summed E-state index contributed by atoms with van der Waals surface area (Å²) in [4.78, 5) is 38.8. The van der Waals surface area contributed by atoms with Crippen molar-refractivity contribution in [2.75, 3.05) is 26.0 Å². The first-order valence-electron chi connectivity index (χ1n) is 11.6. The fourth-order valence-corrected chi connectivity index (χ4v) is 4.15. The van der Waals surface area contributed by atoms with Crippen LogP contribution in [0.15, 0.2) is 54.9 Å². The Hall–Kier alpha value is -4.31. The molecule has 1 fully saturated rings. The standard InChI is InChI=1S/C26H27N7O3/c1-32(2)25(35)23-11-17-4-5-18(12-22(17)33(23)3)30-26-28-9-7-20(31-26)21-10-16(6-8-27-21)15-36-19-13-24(34)29-14-19/h4-12,19H,13-15H2,1-3H3,(H,29,34)(H,28,30,31). The fourth-order valence-electron chi connectivity index (χ4n) is 4.15. The van der Waals surface area contributed by atoms with E-state index in [0.29, 0.717) is 42.6 Å². The Morgan fingerprint density at radius 1 is 1.14 bits per heavy atom. The van der Waals surface area contributed by atoms with E-state index in [9.17, 15) is 9.59 Å². The van der Waals surface area contributed by atoms with Crippen molar-refractivity contribution >= 4 is 34.4 Å². The summed E-state index contributed by atoms with van der Waals surface area (Å²) in [5.74, 6) is 0.405. The first kappa shape index (κ1) is 23.4. The molecule has 0 spiro atoms. The molecule has 36 heavy (non-hydrogen) atoms. The summed E-state index contributed by atoms with van der Waals surface area (Å²) in [5.41, 5.74) is 4.67. The summed E-state index contributed by atoms with van der Waals surface area (Å²) in [6.07, 6.45) is 3.68. The number of amides is 2. The van der Waals surface area contributed by atoms with Gasteiger partial charge in [-0.3, -0.25) is 14.6 Å². The van der Waals surface area contributed by atoms with Crippen LogP contribution in [0.2, 0.25) is 0 Å². The van der Waals surface area contributed by atoms with Crippen LogP contribution in [0.4, 0.5) is 11.6 Å². The van der Waals surface area contributed by atoms with Crippen molar-refractivity contribution in [3.8, 4) is 11.4 Å². The number of anilines is 2. The maximum Gasteiger partial charge on any atom is 0.269 e. The number of hydrogen-bond acceptors (Lipinski definition) is 7. The van der Waals surface area contributed by atoms with E-state index in [0.717, 1.165) is 22.2 Å². The zero-order chi connectivity index (χ0) is 25.2. The molecule has 4 aromatic rings. The molecule has 0 aliphatic carbocycles. The monoisotopic (exact) mass is 485 g/mol. The number of hydrogen-bond donors (Lipinski definition) is 2. The van der Waals surface area contributed by atoms with Gasteiger partial charge in [0, 0.05) is 51.2 Å². The molecule has 1 unspecified atom stereocenters. The second-order valence-corrected chi connectivity index (χ2v) is 8.94. The number of nitrogens with zero attached hydrogens (tertiary/aromatic N) is 5. The number of pyridine rings is 1. The molecule has 1 aliphatic rings. The predicted molar refractivity (Wildman–Crippen MR) is 136 cm³/mol. The van der Waals surface area contributed by atoms with Crippen molar-refractivity contribution in [3.05, 3.63) is 66.1 Å². The summed E-state index contributed by atoms with van der Waals surface area (Å²) in [6, 6.07) is 13.4. The summed E-state index contributed by atoms with van der Waals surface area (Å²) in [6.45, 7) is 0.930. The van der Waals surface area contributed by atoms with Crippen LogP contribution in [-0.2, 0) is 23.2 Å². The van der Waals surface area contributed by atoms with Gasteiger partial charge in [-0.15, -0.1) is 0 Å². The van der Waals surface area contributed by atoms with Crippen LogP contribution in [0.3, 0.4) is 0 Å². The average molecular weight is 486 g/mol. The van der Waals surface area contributed by atoms with Gasteiger partial charge in [0.25, 0.3) is 5.91 Å². The second-order valence-electron chi connectivity index (χ2n) is 8.94. The Kier molecular flexibility index (Phi) is 6.34. The molecule has 0 bridgehead atoms. The summed E-state index contributed by atoms with van der Waals surface area (Å²) >= 11 is 0. The molecule has 0 radical (unpaired) electrons. The van der Waals surface area contributed by atoms with E-state index in [1.807, 2.05) is 48.0 Å². The number of benzene rings is 1. The SMILES string of the molecule is CN(C)C(=O)c1cc2ccc(Nc3nccc(-c4cc(COC5CNC(=O)C5)ccn4)n3)cc2n1C. The van der Waals surface area contributed by atoms with Crippen LogP contribution in [0.1, 0.15) is 22.5 Å². The highest BCUT2D eigenvalue weighted by Gasteiger charge is 2.22. The van der Waals surface area contributed by atoms with Crippen molar-refractivity contribution in [2.24, 2.45) is 7.05 Å². The molecular formula is C26H27N7O3. The van der Waals surface area contributed by atoms with E-state index in [-0.39, 0.29) is 17.9 Å². The lowest BCUT2D eigenvalue weighted by Gasteiger charge is -2.11. The number of rotatable bonds is 7. The van der Waals surface area contributed by atoms with Crippen LogP contribution >= 0.6 is 0 Å². The Bertz CT molecular complexity index is 1450. The lowest BCUT2D eigenvalue weighted by molar-refractivity contribution is -0.119. The highest BCUT2D eigenvalue weighted by atomic mass is 16.5. The van der Waals surface area contributed by atoms with Gasteiger partial charge >= 0.3 is 0 Å². The van der Waals surface area contributed by atoms with Crippen LogP contribution in [0.25, 0.3) is 22.3 Å². The minimum Gasteiger partial charge on any atom is -0.371 e. The topological polar surface area (TPSA) is 114 Å². The number of fused-ring (bicyclic) bond motifs is 1. The van der Waals surface area contributed by atoms with Gasteiger partial charge in [-0.1, -0.05) is 6.07 Å². The van der Waals surface area contributed by atoms with Crippen LogP contribution in [0, 0.1) is 0 Å². The summed E-state index contributed by atoms with van der Waals surface area (Å²) < 4.78 is 7.73. The largest absolute Gasteiger partial charge is 0.371 e. The van der Waals surface area contributed by atoms with E-state index in [1.54, 1.807) is 37.5 Å². The Morgan fingerprint density at radius 2 is 1.97 bits per heavy atom. The van der Waals surface area contributed by atoms with Gasteiger partial charge in [-0.2, -0.15) is 0 Å². The third kappa shape index (κ3) is 4.89. The second kappa shape index (κ2) is 9.74. The normalized spacial score (nSPS) is 15.2. The molecule has 0 saturated carbocycles. The number of aryl methyl sites for hydroxylation is 1. The quantitative estimate of drug-likeness (QED) is 0.414. The van der Waals surface area contributed by atoms with E-state index in [4.69, 9.17) is 4.74 Å². The third-order valence-corrected chi connectivity index (χ3v) is 6.09.